The minimum absolute atomic E-state index is 0.0242. The molecule has 18 heavy (non-hydrogen) atoms. The van der Waals surface area contributed by atoms with Gasteiger partial charge in [-0.05, 0) is 30.7 Å². The van der Waals surface area contributed by atoms with E-state index in [0.29, 0.717) is 15.1 Å². The summed E-state index contributed by atoms with van der Waals surface area (Å²) < 4.78 is 0. The van der Waals surface area contributed by atoms with Crippen molar-refractivity contribution in [1.29, 1.82) is 0 Å². The normalized spacial score (nSPS) is 12.2. The van der Waals surface area contributed by atoms with Crippen LogP contribution in [0.4, 0.5) is 5.69 Å². The number of anilines is 1. The van der Waals surface area contributed by atoms with Crippen LogP contribution in [0.3, 0.4) is 0 Å². The molecule has 0 aliphatic rings. The van der Waals surface area contributed by atoms with Crippen LogP contribution in [0.2, 0.25) is 15.1 Å². The lowest BCUT2D eigenvalue weighted by atomic mass is 10.1. The zero-order valence-corrected chi connectivity index (χ0v) is 12.0. The molecule has 0 saturated carbocycles. The first kappa shape index (κ1) is 13.5. The Balaban J connectivity index is 2.25. The largest absolute Gasteiger partial charge is 0.377 e. The van der Waals surface area contributed by atoms with E-state index in [1.807, 2.05) is 43.3 Å². The number of hydrogen-bond acceptors (Lipinski definition) is 1. The zero-order valence-electron chi connectivity index (χ0n) is 9.75. The molecule has 1 nitrogen and oxygen atoms in total. The number of nitrogens with one attached hydrogen (secondary N) is 1. The summed E-state index contributed by atoms with van der Waals surface area (Å²) in [6.07, 6.45) is 0. The molecule has 4 heteroatoms. The maximum Gasteiger partial charge on any atom is 0.0644 e. The second-order valence-electron chi connectivity index (χ2n) is 3.99. The van der Waals surface area contributed by atoms with Gasteiger partial charge in [0.1, 0.15) is 0 Å². The second-order valence-corrected chi connectivity index (χ2v) is 5.18. The van der Waals surface area contributed by atoms with Gasteiger partial charge in [-0.3, -0.25) is 0 Å². The summed E-state index contributed by atoms with van der Waals surface area (Å²) in [4.78, 5) is 0. The van der Waals surface area contributed by atoms with Crippen LogP contribution in [0.25, 0.3) is 0 Å². The number of benzene rings is 2. The van der Waals surface area contributed by atoms with Crippen molar-refractivity contribution in [3.63, 3.8) is 0 Å². The van der Waals surface area contributed by atoms with Crippen LogP contribution >= 0.6 is 34.8 Å². The van der Waals surface area contributed by atoms with Crippen molar-refractivity contribution < 1.29 is 0 Å². The van der Waals surface area contributed by atoms with Gasteiger partial charge in [0.05, 0.1) is 26.8 Å². The summed E-state index contributed by atoms with van der Waals surface area (Å²) in [5.74, 6) is 0. The van der Waals surface area contributed by atoms with Crippen molar-refractivity contribution in [2.45, 2.75) is 13.0 Å². The molecule has 0 radical (unpaired) electrons. The third kappa shape index (κ3) is 2.92. The third-order valence-corrected chi connectivity index (χ3v) is 3.86. The second kappa shape index (κ2) is 5.83. The predicted molar refractivity (Wildman–Crippen MR) is 80.0 cm³/mol. The van der Waals surface area contributed by atoms with E-state index < -0.39 is 0 Å². The Labute approximate surface area is 122 Å². The average Bonchev–Trinajstić information content (AvgIpc) is 2.35. The Morgan fingerprint density at radius 1 is 0.889 bits per heavy atom. The van der Waals surface area contributed by atoms with Crippen molar-refractivity contribution in [2.24, 2.45) is 0 Å². The molecule has 1 atom stereocenters. The van der Waals surface area contributed by atoms with Gasteiger partial charge in [-0.25, -0.2) is 0 Å². The number of rotatable bonds is 3. The van der Waals surface area contributed by atoms with Gasteiger partial charge in [0.2, 0.25) is 0 Å². The van der Waals surface area contributed by atoms with Crippen molar-refractivity contribution >= 4 is 40.5 Å². The summed E-state index contributed by atoms with van der Waals surface area (Å²) in [6.45, 7) is 2.01. The lowest BCUT2D eigenvalue weighted by Gasteiger charge is -2.18. The van der Waals surface area contributed by atoms with E-state index in [1.54, 1.807) is 6.07 Å². The molecule has 2 aromatic rings. The van der Waals surface area contributed by atoms with Crippen molar-refractivity contribution in [3.05, 3.63) is 63.1 Å². The highest BCUT2D eigenvalue weighted by Gasteiger charge is 2.12. The monoisotopic (exact) mass is 299 g/mol. The molecular weight excluding hydrogens is 289 g/mol. The molecule has 0 bridgehead atoms. The van der Waals surface area contributed by atoms with Crippen LogP contribution in [0.5, 0.6) is 0 Å². The summed E-state index contributed by atoms with van der Waals surface area (Å²) in [6, 6.07) is 13.2. The molecule has 1 unspecified atom stereocenters. The van der Waals surface area contributed by atoms with Gasteiger partial charge < -0.3 is 5.32 Å². The van der Waals surface area contributed by atoms with E-state index in [9.17, 15) is 0 Å². The lowest BCUT2D eigenvalue weighted by molar-refractivity contribution is 0.885. The van der Waals surface area contributed by atoms with Gasteiger partial charge in [0.25, 0.3) is 0 Å². The lowest BCUT2D eigenvalue weighted by Crippen LogP contribution is -2.07. The molecule has 0 heterocycles. The van der Waals surface area contributed by atoms with Gasteiger partial charge in [-0.1, -0.05) is 59.1 Å². The van der Waals surface area contributed by atoms with Crippen LogP contribution in [0.15, 0.2) is 42.5 Å². The highest BCUT2D eigenvalue weighted by Crippen LogP contribution is 2.32. The molecule has 2 rings (SSSR count). The Hall–Kier alpha value is -0.890. The SMILES string of the molecule is CC(Nc1ccccc1Cl)c1cccc(Cl)c1Cl. The smallest absolute Gasteiger partial charge is 0.0644 e. The van der Waals surface area contributed by atoms with Gasteiger partial charge in [0, 0.05) is 0 Å². The van der Waals surface area contributed by atoms with Crippen LogP contribution in [-0.4, -0.2) is 0 Å². The van der Waals surface area contributed by atoms with Crippen LogP contribution < -0.4 is 5.32 Å². The fourth-order valence-corrected chi connectivity index (χ4v) is 2.41. The van der Waals surface area contributed by atoms with E-state index in [-0.39, 0.29) is 6.04 Å². The topological polar surface area (TPSA) is 12.0 Å². The molecule has 0 spiro atoms. The minimum Gasteiger partial charge on any atom is -0.377 e. The first-order valence-electron chi connectivity index (χ1n) is 5.54. The van der Waals surface area contributed by atoms with Crippen LogP contribution in [0.1, 0.15) is 18.5 Å². The Morgan fingerprint density at radius 3 is 2.28 bits per heavy atom. The number of hydrogen-bond donors (Lipinski definition) is 1. The van der Waals surface area contributed by atoms with Crippen molar-refractivity contribution in [2.75, 3.05) is 5.32 Å². The third-order valence-electron chi connectivity index (χ3n) is 2.69. The van der Waals surface area contributed by atoms with E-state index in [4.69, 9.17) is 34.8 Å². The maximum absolute atomic E-state index is 6.19. The molecule has 0 aliphatic carbocycles. The van der Waals surface area contributed by atoms with E-state index >= 15 is 0 Å². The Bertz CT molecular complexity index is 554. The summed E-state index contributed by atoms with van der Waals surface area (Å²) in [5, 5.41) is 5.13. The molecule has 0 amide bonds. The fourth-order valence-electron chi connectivity index (χ4n) is 1.74. The summed E-state index contributed by atoms with van der Waals surface area (Å²) >= 11 is 18.3. The van der Waals surface area contributed by atoms with Gasteiger partial charge >= 0.3 is 0 Å². The van der Waals surface area contributed by atoms with Crippen LogP contribution in [0, 0.1) is 0 Å². The molecule has 2 aromatic carbocycles. The van der Waals surface area contributed by atoms with Crippen LogP contribution in [-0.2, 0) is 0 Å². The highest BCUT2D eigenvalue weighted by molar-refractivity contribution is 6.42. The molecule has 0 aliphatic heterocycles. The van der Waals surface area contributed by atoms with Crippen molar-refractivity contribution in [3.8, 4) is 0 Å². The molecule has 0 aromatic heterocycles. The maximum atomic E-state index is 6.19. The van der Waals surface area contributed by atoms with E-state index in [0.717, 1.165) is 11.3 Å². The summed E-state index contributed by atoms with van der Waals surface area (Å²) in [7, 11) is 0. The number of para-hydroxylation sites is 1. The van der Waals surface area contributed by atoms with E-state index in [1.165, 1.54) is 0 Å². The fraction of sp³-hybridized carbons (Fsp3) is 0.143. The predicted octanol–water partition coefficient (Wildman–Crippen LogP) is 5.82. The zero-order chi connectivity index (χ0) is 13.1. The molecule has 94 valence electrons. The minimum atomic E-state index is 0.0242. The van der Waals surface area contributed by atoms with Gasteiger partial charge in [-0.15, -0.1) is 0 Å². The quantitative estimate of drug-likeness (QED) is 0.753. The van der Waals surface area contributed by atoms with Gasteiger partial charge in [0.15, 0.2) is 0 Å². The average molecular weight is 301 g/mol. The van der Waals surface area contributed by atoms with Gasteiger partial charge in [-0.2, -0.15) is 0 Å². The Kier molecular flexibility index (Phi) is 4.39. The van der Waals surface area contributed by atoms with E-state index in [2.05, 4.69) is 5.32 Å². The first-order chi connectivity index (χ1) is 8.59. The molecule has 1 N–H and O–H groups in total. The number of halogens is 3. The van der Waals surface area contributed by atoms with Crippen molar-refractivity contribution in [1.82, 2.24) is 0 Å². The highest BCUT2D eigenvalue weighted by atomic mass is 35.5. The summed E-state index contributed by atoms with van der Waals surface area (Å²) in [5.41, 5.74) is 1.83. The standard InChI is InChI=1S/C14H12Cl3N/c1-9(10-5-4-7-12(16)14(10)17)18-13-8-3-2-6-11(13)15/h2-9,18H,1H3. The molecular formula is C14H12Cl3N. The first-order valence-corrected chi connectivity index (χ1v) is 6.68. The molecule has 0 fully saturated rings. The Morgan fingerprint density at radius 2 is 1.56 bits per heavy atom. The molecule has 0 saturated heterocycles.